The quantitative estimate of drug-likeness (QED) is 0.762. The molecule has 0 aromatic carbocycles. The van der Waals surface area contributed by atoms with Crippen molar-refractivity contribution in [3.8, 4) is 11.8 Å². The van der Waals surface area contributed by atoms with Gasteiger partial charge in [-0.15, -0.1) is 0 Å². The van der Waals surface area contributed by atoms with Crippen LogP contribution in [0.1, 0.15) is 35.9 Å². The number of nitrogens with zero attached hydrogens (tertiary/aromatic N) is 4. The van der Waals surface area contributed by atoms with Crippen molar-refractivity contribution in [2.24, 2.45) is 0 Å². The molecule has 2 aromatic heterocycles. The number of hydrogen-bond acceptors (Lipinski definition) is 7. The van der Waals surface area contributed by atoms with Crippen LogP contribution in [0.2, 0.25) is 0 Å². The van der Waals surface area contributed by atoms with E-state index >= 15 is 0 Å². The van der Waals surface area contributed by atoms with Gasteiger partial charge in [0.25, 0.3) is 5.91 Å². The molecule has 1 aliphatic heterocycles. The molecular formula is C19H23N5O3. The summed E-state index contributed by atoms with van der Waals surface area (Å²) in [5.74, 6) is 6.83. The molecule has 142 valence electrons. The Hall–Kier alpha value is -3.05. The fourth-order valence-electron chi connectivity index (χ4n) is 2.77. The first-order valence-corrected chi connectivity index (χ1v) is 8.72. The van der Waals surface area contributed by atoms with Crippen molar-refractivity contribution in [1.82, 2.24) is 14.9 Å². The number of furan rings is 1. The second-order valence-corrected chi connectivity index (χ2v) is 6.98. The molecule has 3 heterocycles. The molecule has 0 saturated carbocycles. The van der Waals surface area contributed by atoms with E-state index in [0.717, 1.165) is 11.5 Å². The van der Waals surface area contributed by atoms with Crippen molar-refractivity contribution in [2.75, 3.05) is 36.8 Å². The van der Waals surface area contributed by atoms with Gasteiger partial charge in [-0.05, 0) is 38.8 Å². The fourth-order valence-corrected chi connectivity index (χ4v) is 2.77. The van der Waals surface area contributed by atoms with Gasteiger partial charge >= 0.3 is 0 Å². The summed E-state index contributed by atoms with van der Waals surface area (Å²) in [6, 6.07) is 5.13. The van der Waals surface area contributed by atoms with Gasteiger partial charge in [0.15, 0.2) is 11.5 Å². The number of rotatable bonds is 2. The Bertz CT molecular complexity index is 876. The lowest BCUT2D eigenvalue weighted by atomic mass is 10.1. The number of amides is 1. The van der Waals surface area contributed by atoms with Gasteiger partial charge in [0.05, 0.1) is 0 Å². The van der Waals surface area contributed by atoms with Gasteiger partial charge in [0, 0.05) is 37.9 Å². The number of nitrogen functional groups attached to an aromatic ring is 1. The first-order valence-electron chi connectivity index (χ1n) is 8.72. The summed E-state index contributed by atoms with van der Waals surface area (Å²) in [4.78, 5) is 24.8. The van der Waals surface area contributed by atoms with E-state index in [-0.39, 0.29) is 17.6 Å². The first kappa shape index (κ1) is 18.7. The first-order chi connectivity index (χ1) is 12.7. The van der Waals surface area contributed by atoms with Crippen LogP contribution in [0.4, 0.5) is 11.8 Å². The molecule has 0 bridgehead atoms. The van der Waals surface area contributed by atoms with Crippen LogP contribution in [-0.2, 0) is 0 Å². The van der Waals surface area contributed by atoms with Crippen LogP contribution in [0, 0.1) is 18.8 Å². The molecule has 3 N–H and O–H groups in total. The van der Waals surface area contributed by atoms with Gasteiger partial charge in [0.2, 0.25) is 5.95 Å². The van der Waals surface area contributed by atoms with E-state index in [1.165, 1.54) is 0 Å². The highest BCUT2D eigenvalue weighted by Gasteiger charge is 2.25. The maximum Gasteiger partial charge on any atom is 0.289 e. The minimum atomic E-state index is -1.12. The van der Waals surface area contributed by atoms with Crippen LogP contribution in [0.25, 0.3) is 0 Å². The average Bonchev–Trinajstić information content (AvgIpc) is 3.07. The van der Waals surface area contributed by atoms with E-state index in [0.29, 0.717) is 31.9 Å². The minimum Gasteiger partial charge on any atom is -0.443 e. The van der Waals surface area contributed by atoms with E-state index < -0.39 is 5.60 Å². The molecule has 27 heavy (non-hydrogen) atoms. The van der Waals surface area contributed by atoms with Crippen LogP contribution in [0.5, 0.6) is 0 Å². The zero-order chi connectivity index (χ0) is 19.6. The average molecular weight is 369 g/mol. The summed E-state index contributed by atoms with van der Waals surface area (Å²) >= 11 is 0. The molecule has 0 spiro atoms. The van der Waals surface area contributed by atoms with E-state index in [1.54, 1.807) is 30.9 Å². The summed E-state index contributed by atoms with van der Waals surface area (Å²) in [5.41, 5.74) is 5.42. The van der Waals surface area contributed by atoms with Crippen LogP contribution in [-0.4, -0.2) is 57.7 Å². The van der Waals surface area contributed by atoms with Crippen molar-refractivity contribution in [2.45, 2.75) is 26.4 Å². The predicted octanol–water partition coefficient (Wildman–Crippen LogP) is 1.05. The van der Waals surface area contributed by atoms with E-state index in [9.17, 15) is 9.90 Å². The lowest BCUT2D eigenvalue weighted by Gasteiger charge is -2.35. The fraction of sp³-hybridized carbons (Fsp3) is 0.421. The summed E-state index contributed by atoms with van der Waals surface area (Å²) in [6.45, 7) is 7.43. The second kappa shape index (κ2) is 7.29. The molecule has 0 radical (unpaired) electrons. The molecule has 1 aliphatic rings. The topological polar surface area (TPSA) is 109 Å². The SMILES string of the molecule is Cc1cc(N2CCN(C(=O)c3ccc(C#CC(C)(C)O)o3)CC2)nc(N)n1. The van der Waals surface area contributed by atoms with Gasteiger partial charge in [-0.3, -0.25) is 4.79 Å². The summed E-state index contributed by atoms with van der Waals surface area (Å²) in [5, 5.41) is 9.64. The third-order valence-corrected chi connectivity index (χ3v) is 4.06. The Labute approximate surface area is 158 Å². The molecule has 0 atom stereocenters. The maximum absolute atomic E-state index is 12.6. The Kier molecular flexibility index (Phi) is 5.06. The number of carbonyl (C=O) groups is 1. The smallest absolute Gasteiger partial charge is 0.289 e. The molecule has 0 aliphatic carbocycles. The van der Waals surface area contributed by atoms with Gasteiger partial charge < -0.3 is 25.1 Å². The third kappa shape index (κ3) is 4.77. The highest BCUT2D eigenvalue weighted by atomic mass is 16.4. The van der Waals surface area contributed by atoms with E-state index in [2.05, 4.69) is 26.7 Å². The van der Waals surface area contributed by atoms with Crippen molar-refractivity contribution >= 4 is 17.7 Å². The highest BCUT2D eigenvalue weighted by molar-refractivity contribution is 5.91. The second-order valence-electron chi connectivity index (χ2n) is 6.98. The third-order valence-electron chi connectivity index (χ3n) is 4.06. The predicted molar refractivity (Wildman–Crippen MR) is 101 cm³/mol. The number of aryl methyl sites for hydroxylation is 1. The van der Waals surface area contributed by atoms with Gasteiger partial charge in [-0.1, -0.05) is 5.92 Å². The summed E-state index contributed by atoms with van der Waals surface area (Å²) < 4.78 is 5.51. The van der Waals surface area contributed by atoms with E-state index in [4.69, 9.17) is 10.2 Å². The van der Waals surface area contributed by atoms with Crippen molar-refractivity contribution in [3.05, 3.63) is 35.4 Å². The lowest BCUT2D eigenvalue weighted by Crippen LogP contribution is -2.49. The normalized spacial score (nSPS) is 14.7. The standard InChI is InChI=1S/C19H23N5O3/c1-13-12-16(22-18(20)21-13)23-8-10-24(11-9-23)17(25)15-5-4-14(27-15)6-7-19(2,3)26/h4-5,12,26H,8-11H2,1-3H3,(H2,20,21,22). The molecular weight excluding hydrogens is 346 g/mol. The summed E-state index contributed by atoms with van der Waals surface area (Å²) in [7, 11) is 0. The minimum absolute atomic E-state index is 0.177. The molecule has 0 unspecified atom stereocenters. The van der Waals surface area contributed by atoms with Gasteiger partial charge in [-0.2, -0.15) is 4.98 Å². The molecule has 3 rings (SSSR count). The number of piperazine rings is 1. The number of aromatic nitrogens is 2. The van der Waals surface area contributed by atoms with Crippen LogP contribution in [0.15, 0.2) is 22.6 Å². The molecule has 8 heteroatoms. The number of anilines is 2. The van der Waals surface area contributed by atoms with Crippen molar-refractivity contribution in [1.29, 1.82) is 0 Å². The number of hydrogen-bond donors (Lipinski definition) is 2. The molecule has 8 nitrogen and oxygen atoms in total. The monoisotopic (exact) mass is 369 g/mol. The number of nitrogens with two attached hydrogens (primary N) is 1. The van der Waals surface area contributed by atoms with Crippen LogP contribution in [0.3, 0.4) is 0 Å². The van der Waals surface area contributed by atoms with Crippen molar-refractivity contribution < 1.29 is 14.3 Å². The highest BCUT2D eigenvalue weighted by Crippen LogP contribution is 2.18. The molecule has 1 amide bonds. The zero-order valence-electron chi connectivity index (χ0n) is 15.7. The van der Waals surface area contributed by atoms with Gasteiger partial charge in [0.1, 0.15) is 11.4 Å². The Morgan fingerprint density at radius 2 is 1.96 bits per heavy atom. The Morgan fingerprint density at radius 1 is 1.26 bits per heavy atom. The number of carbonyl (C=O) groups excluding carboxylic acids is 1. The van der Waals surface area contributed by atoms with E-state index in [1.807, 2.05) is 13.0 Å². The molecule has 1 saturated heterocycles. The van der Waals surface area contributed by atoms with Gasteiger partial charge in [-0.25, -0.2) is 4.98 Å². The Morgan fingerprint density at radius 3 is 2.59 bits per heavy atom. The molecule has 2 aromatic rings. The largest absolute Gasteiger partial charge is 0.443 e. The van der Waals surface area contributed by atoms with Crippen LogP contribution < -0.4 is 10.6 Å². The lowest BCUT2D eigenvalue weighted by molar-refractivity contribution is 0.0714. The number of aliphatic hydroxyl groups is 1. The molecule has 1 fully saturated rings. The Balaban J connectivity index is 1.63. The van der Waals surface area contributed by atoms with Crippen molar-refractivity contribution in [3.63, 3.8) is 0 Å². The van der Waals surface area contributed by atoms with Crippen LogP contribution >= 0.6 is 0 Å². The summed E-state index contributed by atoms with van der Waals surface area (Å²) in [6.07, 6.45) is 0. The zero-order valence-corrected chi connectivity index (χ0v) is 15.7. The maximum atomic E-state index is 12.6.